The maximum atomic E-state index is 11.8. The van der Waals surface area contributed by atoms with Gasteiger partial charge in [0, 0.05) is 7.05 Å². The molecule has 1 heterocycles. The Morgan fingerprint density at radius 3 is 2.90 bits per heavy atom. The van der Waals surface area contributed by atoms with E-state index in [0.29, 0.717) is 0 Å². The summed E-state index contributed by atoms with van der Waals surface area (Å²) in [5, 5.41) is 15.0. The van der Waals surface area contributed by atoms with Gasteiger partial charge in [-0.15, -0.1) is 0 Å². The van der Waals surface area contributed by atoms with Crippen molar-refractivity contribution in [2.45, 2.75) is 6.92 Å². The van der Waals surface area contributed by atoms with E-state index in [1.165, 1.54) is 10.9 Å². The number of nitrogens with one attached hydrogen (secondary N) is 1. The number of hydrogen-bond donors (Lipinski definition) is 1. The summed E-state index contributed by atoms with van der Waals surface area (Å²) in [6.45, 7) is 2.12. The Hall–Kier alpha value is -2.40. The van der Waals surface area contributed by atoms with E-state index in [2.05, 4.69) is 10.4 Å². The fraction of sp³-hybridized carbons (Fsp3) is 0.500. The first-order valence-corrected chi connectivity index (χ1v) is 6.04. The minimum atomic E-state index is -0.540. The summed E-state index contributed by atoms with van der Waals surface area (Å²) in [5.74, 6) is -0.600. The number of carbonyl (C=O) groups excluding carboxylic acids is 2. The van der Waals surface area contributed by atoms with Crippen LogP contribution in [0.25, 0.3) is 0 Å². The molecule has 0 bridgehead atoms. The lowest BCUT2D eigenvalue weighted by Gasteiger charge is -2.13. The zero-order valence-corrected chi connectivity index (χ0v) is 11.7. The number of nitriles is 1. The molecule has 0 saturated carbocycles. The monoisotopic (exact) mass is 279 g/mol. The van der Waals surface area contributed by atoms with Gasteiger partial charge in [-0.2, -0.15) is 10.4 Å². The third-order valence-corrected chi connectivity index (χ3v) is 2.45. The van der Waals surface area contributed by atoms with Crippen molar-refractivity contribution in [3.05, 3.63) is 11.8 Å². The highest BCUT2D eigenvalue weighted by molar-refractivity contribution is 6.00. The van der Waals surface area contributed by atoms with Crippen molar-refractivity contribution in [3.8, 4) is 6.07 Å². The molecule has 0 aromatic carbocycles. The highest BCUT2D eigenvalue weighted by atomic mass is 16.5. The van der Waals surface area contributed by atoms with E-state index < -0.39 is 5.97 Å². The molecule has 1 aromatic rings. The summed E-state index contributed by atoms with van der Waals surface area (Å²) in [6.07, 6.45) is 1.34. The average Bonchev–Trinajstić information content (AvgIpc) is 2.71. The molecule has 1 N–H and O–H groups in total. The molecule has 0 aliphatic carbocycles. The van der Waals surface area contributed by atoms with E-state index >= 15 is 0 Å². The molecular formula is C12H17N5O3. The SMILES string of the molecule is CCOC(=O)c1cnn(C)c1NC(=O)CN(C)CC#N. The largest absolute Gasteiger partial charge is 0.462 e. The van der Waals surface area contributed by atoms with Crippen LogP contribution in [0.1, 0.15) is 17.3 Å². The van der Waals surface area contributed by atoms with Crippen molar-refractivity contribution in [2.24, 2.45) is 7.05 Å². The number of esters is 1. The van der Waals surface area contributed by atoms with Gasteiger partial charge in [-0.05, 0) is 14.0 Å². The number of amides is 1. The van der Waals surface area contributed by atoms with Gasteiger partial charge in [0.25, 0.3) is 0 Å². The van der Waals surface area contributed by atoms with Crippen LogP contribution in [-0.2, 0) is 16.6 Å². The lowest BCUT2D eigenvalue weighted by molar-refractivity contribution is -0.116. The number of likely N-dealkylation sites (N-methyl/N-ethyl adjacent to an activating group) is 1. The minimum Gasteiger partial charge on any atom is -0.462 e. The summed E-state index contributed by atoms with van der Waals surface area (Å²) in [4.78, 5) is 25.1. The van der Waals surface area contributed by atoms with Gasteiger partial charge >= 0.3 is 5.97 Å². The second-order valence-electron chi connectivity index (χ2n) is 4.13. The van der Waals surface area contributed by atoms with E-state index in [1.807, 2.05) is 6.07 Å². The van der Waals surface area contributed by atoms with Gasteiger partial charge in [0.05, 0.1) is 32.0 Å². The van der Waals surface area contributed by atoms with Crippen LogP contribution in [0, 0.1) is 11.3 Å². The van der Waals surface area contributed by atoms with E-state index in [9.17, 15) is 9.59 Å². The third-order valence-electron chi connectivity index (χ3n) is 2.45. The molecule has 0 aliphatic rings. The Labute approximate surface area is 116 Å². The average molecular weight is 279 g/mol. The van der Waals surface area contributed by atoms with Gasteiger partial charge in [-0.3, -0.25) is 14.4 Å². The van der Waals surface area contributed by atoms with Gasteiger partial charge in [-0.1, -0.05) is 0 Å². The van der Waals surface area contributed by atoms with Crippen LogP contribution < -0.4 is 5.32 Å². The van der Waals surface area contributed by atoms with E-state index in [-0.39, 0.29) is 37.0 Å². The zero-order chi connectivity index (χ0) is 15.1. The molecule has 8 nitrogen and oxygen atoms in total. The molecule has 0 aliphatic heterocycles. The predicted octanol–water partition coefficient (Wildman–Crippen LogP) is -0.00932. The zero-order valence-electron chi connectivity index (χ0n) is 11.7. The number of aromatic nitrogens is 2. The van der Waals surface area contributed by atoms with E-state index in [0.717, 1.165) is 0 Å². The first-order valence-electron chi connectivity index (χ1n) is 6.04. The van der Waals surface area contributed by atoms with Gasteiger partial charge in [0.15, 0.2) is 0 Å². The van der Waals surface area contributed by atoms with Crippen molar-refractivity contribution < 1.29 is 14.3 Å². The molecule has 8 heteroatoms. The Kier molecular flexibility index (Phi) is 5.68. The number of anilines is 1. The number of rotatable bonds is 6. The van der Waals surface area contributed by atoms with Crippen LogP contribution >= 0.6 is 0 Å². The van der Waals surface area contributed by atoms with Gasteiger partial charge < -0.3 is 10.1 Å². The highest BCUT2D eigenvalue weighted by Crippen LogP contribution is 2.15. The minimum absolute atomic E-state index is 0.0427. The number of hydrogen-bond acceptors (Lipinski definition) is 6. The smallest absolute Gasteiger partial charge is 0.343 e. The summed E-state index contributed by atoms with van der Waals surface area (Å²) >= 11 is 0. The molecule has 1 rings (SSSR count). The van der Waals surface area contributed by atoms with Crippen molar-refractivity contribution in [1.82, 2.24) is 14.7 Å². The number of nitrogens with zero attached hydrogens (tertiary/aromatic N) is 4. The quantitative estimate of drug-likeness (QED) is 0.580. The van der Waals surface area contributed by atoms with Gasteiger partial charge in [0.1, 0.15) is 11.4 Å². The van der Waals surface area contributed by atoms with E-state index in [1.54, 1.807) is 25.9 Å². The van der Waals surface area contributed by atoms with Crippen molar-refractivity contribution in [2.75, 3.05) is 32.1 Å². The maximum Gasteiger partial charge on any atom is 0.343 e. The standard InChI is InChI=1S/C12H17N5O3/c1-4-20-12(19)9-7-14-17(3)11(9)15-10(18)8-16(2)6-5-13/h7H,4,6,8H2,1-3H3,(H,15,18). The molecule has 0 radical (unpaired) electrons. The second-order valence-corrected chi connectivity index (χ2v) is 4.13. The van der Waals surface area contributed by atoms with Crippen LogP contribution in [0.3, 0.4) is 0 Å². The van der Waals surface area contributed by atoms with Crippen molar-refractivity contribution in [3.63, 3.8) is 0 Å². The molecule has 0 fully saturated rings. The number of ether oxygens (including phenoxy) is 1. The maximum absolute atomic E-state index is 11.8. The Morgan fingerprint density at radius 1 is 1.60 bits per heavy atom. The molecule has 1 aromatic heterocycles. The normalized spacial score (nSPS) is 10.2. The van der Waals surface area contributed by atoms with Crippen molar-refractivity contribution in [1.29, 1.82) is 5.26 Å². The fourth-order valence-electron chi connectivity index (χ4n) is 1.54. The van der Waals surface area contributed by atoms with Gasteiger partial charge in [0.2, 0.25) is 5.91 Å². The third kappa shape index (κ3) is 4.07. The molecule has 0 atom stereocenters. The highest BCUT2D eigenvalue weighted by Gasteiger charge is 2.19. The first kappa shape index (κ1) is 15.7. The summed E-state index contributed by atoms with van der Waals surface area (Å²) in [7, 11) is 3.26. The van der Waals surface area contributed by atoms with Crippen LogP contribution in [0.5, 0.6) is 0 Å². The molecule has 108 valence electrons. The topological polar surface area (TPSA) is 100 Å². The van der Waals surface area contributed by atoms with E-state index in [4.69, 9.17) is 10.00 Å². The molecule has 20 heavy (non-hydrogen) atoms. The molecule has 1 amide bonds. The lowest BCUT2D eigenvalue weighted by atomic mass is 10.3. The summed E-state index contributed by atoms with van der Waals surface area (Å²) in [6, 6.07) is 1.94. The first-order chi connectivity index (χ1) is 9.49. The molecule has 0 saturated heterocycles. The summed E-state index contributed by atoms with van der Waals surface area (Å²) < 4.78 is 6.27. The Bertz CT molecular complexity index is 532. The van der Waals surface area contributed by atoms with Crippen LogP contribution in [0.2, 0.25) is 0 Å². The summed E-state index contributed by atoms with van der Waals surface area (Å²) in [5.41, 5.74) is 0.200. The van der Waals surface area contributed by atoms with Crippen molar-refractivity contribution >= 4 is 17.7 Å². The fourth-order valence-corrected chi connectivity index (χ4v) is 1.54. The predicted molar refractivity (Wildman–Crippen MR) is 70.9 cm³/mol. The molecular weight excluding hydrogens is 262 g/mol. The Morgan fingerprint density at radius 2 is 2.30 bits per heavy atom. The number of aryl methyl sites for hydroxylation is 1. The Balaban J connectivity index is 2.77. The van der Waals surface area contributed by atoms with Crippen LogP contribution in [0.4, 0.5) is 5.82 Å². The lowest BCUT2D eigenvalue weighted by Crippen LogP contribution is -2.31. The molecule has 0 unspecified atom stereocenters. The second kappa shape index (κ2) is 7.25. The van der Waals surface area contributed by atoms with Crippen LogP contribution in [-0.4, -0.2) is 53.3 Å². The van der Waals surface area contributed by atoms with Crippen LogP contribution in [0.15, 0.2) is 6.20 Å². The number of carbonyl (C=O) groups is 2. The van der Waals surface area contributed by atoms with Gasteiger partial charge in [-0.25, -0.2) is 4.79 Å². The molecule has 0 spiro atoms.